The van der Waals surface area contributed by atoms with Crippen molar-refractivity contribution in [3.63, 3.8) is 0 Å². The first-order valence-corrected chi connectivity index (χ1v) is 18.0. The molecule has 1 nitrogen and oxygen atoms in total. The van der Waals surface area contributed by atoms with E-state index in [9.17, 15) is 0 Å². The van der Waals surface area contributed by atoms with E-state index in [4.69, 9.17) is 0 Å². The molecule has 2 heteroatoms. The number of nitrogens with zero attached hydrogens (tertiary/aromatic N) is 1. The lowest BCUT2D eigenvalue weighted by Crippen LogP contribution is -2.22. The van der Waals surface area contributed by atoms with Gasteiger partial charge in [-0.2, -0.15) is 0 Å². The van der Waals surface area contributed by atoms with Gasteiger partial charge in [0.2, 0.25) is 0 Å². The molecule has 2 unspecified atom stereocenters. The molecule has 9 rings (SSSR count). The van der Waals surface area contributed by atoms with Gasteiger partial charge in [-0.25, -0.2) is 0 Å². The Bertz CT molecular complexity index is 2170. The van der Waals surface area contributed by atoms with Crippen molar-refractivity contribution in [1.82, 2.24) is 0 Å². The van der Waals surface area contributed by atoms with E-state index < -0.39 is 0 Å². The van der Waals surface area contributed by atoms with Gasteiger partial charge in [-0.05, 0) is 98.0 Å². The van der Waals surface area contributed by atoms with Crippen LogP contribution in [0, 0.1) is 0 Å². The van der Waals surface area contributed by atoms with Crippen LogP contribution in [0.1, 0.15) is 41.7 Å². The SMILES string of the molecule is CC1(C)c2c(-c3ccc(N(c4ccc(-c5ccccc5)cc4)c4ccc(-c5ccccc5)cc4)cc3)cccc2C2Sc3ccccc3C21. The third-order valence-corrected chi connectivity index (χ3v) is 11.9. The molecule has 0 radical (unpaired) electrons. The molecule has 236 valence electrons. The fourth-order valence-electron chi connectivity index (χ4n) is 8.25. The van der Waals surface area contributed by atoms with Crippen LogP contribution in [0.2, 0.25) is 0 Å². The average Bonchev–Trinajstić information content (AvgIpc) is 3.67. The first-order valence-electron chi connectivity index (χ1n) is 17.2. The maximum absolute atomic E-state index is 2.46. The van der Waals surface area contributed by atoms with E-state index in [1.165, 1.54) is 55.0 Å². The van der Waals surface area contributed by atoms with Crippen molar-refractivity contribution in [1.29, 1.82) is 0 Å². The van der Waals surface area contributed by atoms with Gasteiger partial charge in [-0.1, -0.05) is 147 Å². The van der Waals surface area contributed by atoms with Gasteiger partial charge in [0.1, 0.15) is 0 Å². The van der Waals surface area contributed by atoms with Crippen LogP contribution in [-0.2, 0) is 5.41 Å². The Hall–Kier alpha value is -5.31. The Morgan fingerprint density at radius 2 is 0.878 bits per heavy atom. The zero-order valence-electron chi connectivity index (χ0n) is 27.8. The largest absolute Gasteiger partial charge is 0.311 e. The Kier molecular flexibility index (Phi) is 7.29. The summed E-state index contributed by atoms with van der Waals surface area (Å²) in [7, 11) is 0. The molecule has 0 N–H and O–H groups in total. The van der Waals surface area contributed by atoms with E-state index >= 15 is 0 Å². The minimum atomic E-state index is 0.0297. The molecule has 7 aromatic carbocycles. The lowest BCUT2D eigenvalue weighted by Gasteiger charge is -2.30. The number of hydrogen-bond donors (Lipinski definition) is 0. The highest BCUT2D eigenvalue weighted by atomic mass is 32.2. The molecule has 49 heavy (non-hydrogen) atoms. The van der Waals surface area contributed by atoms with Crippen molar-refractivity contribution in [3.05, 3.63) is 193 Å². The van der Waals surface area contributed by atoms with Crippen LogP contribution in [0.4, 0.5) is 17.1 Å². The van der Waals surface area contributed by atoms with Crippen molar-refractivity contribution in [3.8, 4) is 33.4 Å². The smallest absolute Gasteiger partial charge is 0.0462 e. The molecule has 1 heterocycles. The molecule has 7 aromatic rings. The maximum atomic E-state index is 2.46. The summed E-state index contributed by atoms with van der Waals surface area (Å²) in [4.78, 5) is 3.81. The number of hydrogen-bond acceptors (Lipinski definition) is 2. The Labute approximate surface area is 293 Å². The summed E-state index contributed by atoms with van der Waals surface area (Å²) in [6.45, 7) is 4.91. The second kappa shape index (κ2) is 12.0. The van der Waals surface area contributed by atoms with Crippen molar-refractivity contribution in [2.45, 2.75) is 35.3 Å². The molecule has 0 fully saturated rings. The monoisotopic (exact) mass is 647 g/mol. The molecule has 2 aliphatic rings. The van der Waals surface area contributed by atoms with E-state index in [2.05, 4.69) is 195 Å². The van der Waals surface area contributed by atoms with E-state index in [0.29, 0.717) is 11.2 Å². The summed E-state index contributed by atoms with van der Waals surface area (Å²) in [5, 5.41) is 0.467. The van der Waals surface area contributed by atoms with Crippen LogP contribution >= 0.6 is 11.8 Å². The van der Waals surface area contributed by atoms with Gasteiger partial charge >= 0.3 is 0 Å². The topological polar surface area (TPSA) is 3.24 Å². The van der Waals surface area contributed by atoms with Crippen LogP contribution in [0.15, 0.2) is 181 Å². The Morgan fingerprint density at radius 1 is 0.429 bits per heavy atom. The van der Waals surface area contributed by atoms with Crippen LogP contribution < -0.4 is 4.90 Å². The number of benzene rings is 7. The molecule has 0 aromatic heterocycles. The zero-order chi connectivity index (χ0) is 33.0. The zero-order valence-corrected chi connectivity index (χ0v) is 28.6. The van der Waals surface area contributed by atoms with Crippen LogP contribution in [0.3, 0.4) is 0 Å². The highest BCUT2D eigenvalue weighted by Crippen LogP contribution is 2.67. The molecular formula is C47H37NS. The van der Waals surface area contributed by atoms with Crippen LogP contribution in [0.25, 0.3) is 33.4 Å². The molecule has 1 aliphatic heterocycles. The number of anilines is 3. The Morgan fingerprint density at radius 3 is 1.43 bits per heavy atom. The molecule has 0 bridgehead atoms. The quantitative estimate of drug-likeness (QED) is 0.177. The van der Waals surface area contributed by atoms with E-state index in [0.717, 1.165) is 17.1 Å². The van der Waals surface area contributed by atoms with Crippen molar-refractivity contribution < 1.29 is 0 Å². The van der Waals surface area contributed by atoms with Gasteiger partial charge in [0, 0.05) is 33.1 Å². The van der Waals surface area contributed by atoms with Crippen LogP contribution in [0.5, 0.6) is 0 Å². The predicted octanol–water partition coefficient (Wildman–Crippen LogP) is 13.4. The predicted molar refractivity (Wildman–Crippen MR) is 208 cm³/mol. The van der Waals surface area contributed by atoms with Gasteiger partial charge in [-0.3, -0.25) is 0 Å². The summed E-state index contributed by atoms with van der Waals surface area (Å²) in [6.07, 6.45) is 0. The lowest BCUT2D eigenvalue weighted by molar-refractivity contribution is 0.446. The first kappa shape index (κ1) is 29.8. The lowest BCUT2D eigenvalue weighted by atomic mass is 9.73. The third-order valence-electron chi connectivity index (χ3n) is 10.5. The van der Waals surface area contributed by atoms with Gasteiger partial charge in [0.05, 0.1) is 0 Å². The van der Waals surface area contributed by atoms with E-state index in [1.807, 2.05) is 11.8 Å². The first-order chi connectivity index (χ1) is 24.1. The molecule has 1 aliphatic carbocycles. The van der Waals surface area contributed by atoms with Crippen LogP contribution in [-0.4, -0.2) is 0 Å². The van der Waals surface area contributed by atoms with Crippen molar-refractivity contribution in [2.75, 3.05) is 4.90 Å². The molecular weight excluding hydrogens is 611 g/mol. The number of thioether (sulfide) groups is 1. The molecule has 0 saturated carbocycles. The Balaban J connectivity index is 1.09. The van der Waals surface area contributed by atoms with E-state index in [1.54, 1.807) is 0 Å². The maximum Gasteiger partial charge on any atom is 0.0462 e. The highest BCUT2D eigenvalue weighted by Gasteiger charge is 2.52. The normalized spacial score (nSPS) is 16.9. The minimum absolute atomic E-state index is 0.0297. The summed E-state index contributed by atoms with van der Waals surface area (Å²) in [5.74, 6) is 0.484. The average molecular weight is 648 g/mol. The van der Waals surface area contributed by atoms with Crippen molar-refractivity contribution >= 4 is 28.8 Å². The fraction of sp³-hybridized carbons (Fsp3) is 0.106. The van der Waals surface area contributed by atoms with Gasteiger partial charge in [0.15, 0.2) is 0 Å². The molecule has 0 amide bonds. The molecule has 0 spiro atoms. The number of rotatable bonds is 6. The van der Waals surface area contributed by atoms with E-state index in [-0.39, 0.29) is 5.41 Å². The van der Waals surface area contributed by atoms with Gasteiger partial charge in [0.25, 0.3) is 0 Å². The summed E-state index contributed by atoms with van der Waals surface area (Å²) < 4.78 is 0. The summed E-state index contributed by atoms with van der Waals surface area (Å²) in [5.41, 5.74) is 15.4. The highest BCUT2D eigenvalue weighted by molar-refractivity contribution is 8.00. The third kappa shape index (κ3) is 5.10. The second-order valence-corrected chi connectivity index (χ2v) is 14.9. The molecule has 0 saturated heterocycles. The summed E-state index contributed by atoms with van der Waals surface area (Å²) in [6, 6.07) is 64.3. The van der Waals surface area contributed by atoms with Gasteiger partial charge in [-0.15, -0.1) is 11.8 Å². The second-order valence-electron chi connectivity index (χ2n) is 13.8. The number of fused-ring (bicyclic) bond motifs is 5. The summed E-state index contributed by atoms with van der Waals surface area (Å²) >= 11 is 2.05. The minimum Gasteiger partial charge on any atom is -0.311 e. The van der Waals surface area contributed by atoms with Gasteiger partial charge < -0.3 is 4.90 Å². The van der Waals surface area contributed by atoms with Crippen molar-refractivity contribution in [2.24, 2.45) is 0 Å². The standard InChI is InChI=1S/C47H37NS/c1-47(2)44-40(17-11-18-42(44)46-45(47)41-16-9-10-19-43(41)49-46)36-24-30-39(31-25-36)48(37-26-20-34(21-27-37)32-12-5-3-6-13-32)38-28-22-35(23-29-38)33-14-7-4-8-15-33/h3-31,45-46H,1-2H3. The fourth-order valence-corrected chi connectivity index (χ4v) is 9.96. The molecule has 2 atom stereocenters.